The largest absolute Gasteiger partial charge is 0.492 e. The number of unbranched alkanes of at least 4 members (excludes halogenated alkanes) is 1. The fraction of sp³-hybridized carbons (Fsp3) is 0.267. The van der Waals surface area contributed by atoms with Crippen LogP contribution in [0.25, 0.3) is 66.4 Å². The number of benzene rings is 6. The average molecular weight is 963 g/mol. The number of nitrogens with zero attached hydrogens (tertiary/aromatic N) is 2. The number of para-hydroxylation sites is 2. The Morgan fingerprint density at radius 3 is 1.18 bits per heavy atom. The minimum atomic E-state index is -0.455. The van der Waals surface area contributed by atoms with Crippen LogP contribution in [-0.2, 0) is 9.59 Å². The van der Waals surface area contributed by atoms with Gasteiger partial charge in [-0.15, -0.1) is 0 Å². The van der Waals surface area contributed by atoms with Crippen molar-refractivity contribution in [3.8, 4) is 56.0 Å². The molecule has 0 aliphatic carbocycles. The van der Waals surface area contributed by atoms with Crippen molar-refractivity contribution in [3.05, 3.63) is 166 Å². The predicted molar refractivity (Wildman–Crippen MR) is 285 cm³/mol. The summed E-state index contributed by atoms with van der Waals surface area (Å²) in [6, 6.07) is 45.1. The molecule has 366 valence electrons. The highest BCUT2D eigenvalue weighted by Crippen LogP contribution is 2.39. The van der Waals surface area contributed by atoms with Gasteiger partial charge in [0, 0.05) is 59.2 Å². The molecule has 2 saturated heterocycles. The van der Waals surface area contributed by atoms with Crippen LogP contribution in [0.1, 0.15) is 51.4 Å². The molecule has 12 heteroatoms. The van der Waals surface area contributed by atoms with Gasteiger partial charge in [-0.1, -0.05) is 84.9 Å². The quantitative estimate of drug-likeness (QED) is 0.0594. The first kappa shape index (κ1) is 47.9. The third-order valence-electron chi connectivity index (χ3n) is 13.6. The van der Waals surface area contributed by atoms with E-state index in [1.807, 2.05) is 109 Å². The molecule has 2 amide bonds. The molecule has 10 rings (SSSR count). The Bertz CT molecular complexity index is 3060. The van der Waals surface area contributed by atoms with Crippen LogP contribution in [0, 0.1) is 0 Å². The molecular weight excluding hydrogens is 905 g/mol. The molecule has 2 aromatic heterocycles. The molecule has 0 saturated carbocycles. The van der Waals surface area contributed by atoms with Crippen molar-refractivity contribution in [1.29, 1.82) is 0 Å². The maximum atomic E-state index is 13.6. The zero-order valence-corrected chi connectivity index (χ0v) is 40.3. The standard InChI is InChI=1S/C60H58N4O8/c65-53(61-45-25-17-43(18-26-45)57-55(49-11-1-3-13-51(49)71-59(57)67)41-21-29-47(30-22-41)69-39-37-63-33-7-8-34-63)15-5-6-16-54(66)62-46-27-19-44(20-28-46)58-56(50-12-2-4-14-52(50)72-60(58)68)42-23-31-48(32-24-42)70-40-38-64-35-9-10-36-64/h1-4,11-14,17-32H,5-10,15-16,33-40H2,(H,61,65)(H,62,66). The Morgan fingerprint density at radius 2 is 0.792 bits per heavy atom. The van der Waals surface area contributed by atoms with Crippen LogP contribution < -0.4 is 31.4 Å². The monoisotopic (exact) mass is 962 g/mol. The molecule has 12 nitrogen and oxygen atoms in total. The predicted octanol–water partition coefficient (Wildman–Crippen LogP) is 11.7. The summed E-state index contributed by atoms with van der Waals surface area (Å²) in [5.74, 6) is 1.19. The number of amides is 2. The number of nitrogens with one attached hydrogen (secondary N) is 2. The fourth-order valence-corrected chi connectivity index (χ4v) is 9.92. The third kappa shape index (κ3) is 11.4. The maximum Gasteiger partial charge on any atom is 0.344 e. The van der Waals surface area contributed by atoms with Crippen LogP contribution >= 0.6 is 0 Å². The van der Waals surface area contributed by atoms with Crippen LogP contribution in [0.5, 0.6) is 11.5 Å². The van der Waals surface area contributed by atoms with Crippen LogP contribution in [-0.4, -0.2) is 74.1 Å². The number of anilines is 2. The molecule has 0 unspecified atom stereocenters. The normalized spacial score (nSPS) is 13.9. The van der Waals surface area contributed by atoms with Gasteiger partial charge in [0.1, 0.15) is 35.9 Å². The van der Waals surface area contributed by atoms with Gasteiger partial charge in [-0.2, -0.15) is 0 Å². The lowest BCUT2D eigenvalue weighted by Gasteiger charge is -2.16. The van der Waals surface area contributed by atoms with Gasteiger partial charge in [-0.3, -0.25) is 19.4 Å². The van der Waals surface area contributed by atoms with Gasteiger partial charge in [0.05, 0.1) is 11.1 Å². The molecule has 0 bridgehead atoms. The minimum absolute atomic E-state index is 0.179. The average Bonchev–Trinajstić information content (AvgIpc) is 4.14. The van der Waals surface area contributed by atoms with E-state index in [0.29, 0.717) is 70.9 Å². The van der Waals surface area contributed by atoms with Gasteiger partial charge in [-0.25, -0.2) is 9.59 Å². The van der Waals surface area contributed by atoms with E-state index in [-0.39, 0.29) is 24.7 Å². The van der Waals surface area contributed by atoms with Gasteiger partial charge >= 0.3 is 11.3 Å². The number of likely N-dealkylation sites (tertiary alicyclic amines) is 2. The van der Waals surface area contributed by atoms with E-state index in [2.05, 4.69) is 20.4 Å². The summed E-state index contributed by atoms with van der Waals surface area (Å²) in [4.78, 5) is 58.2. The van der Waals surface area contributed by atoms with E-state index in [9.17, 15) is 19.2 Å². The molecule has 2 aliphatic rings. The van der Waals surface area contributed by atoms with Crippen molar-refractivity contribution >= 4 is 45.1 Å². The molecule has 0 atom stereocenters. The molecule has 0 spiro atoms. The lowest BCUT2D eigenvalue weighted by Crippen LogP contribution is -2.25. The van der Waals surface area contributed by atoms with E-state index in [1.54, 1.807) is 36.4 Å². The Labute approximate surface area is 418 Å². The maximum absolute atomic E-state index is 13.6. The summed E-state index contributed by atoms with van der Waals surface area (Å²) in [5, 5.41) is 7.53. The van der Waals surface area contributed by atoms with Crippen molar-refractivity contribution in [3.63, 3.8) is 0 Å². The Morgan fingerprint density at radius 1 is 0.444 bits per heavy atom. The zero-order valence-electron chi connectivity index (χ0n) is 40.3. The first-order valence-electron chi connectivity index (χ1n) is 25.2. The van der Waals surface area contributed by atoms with E-state index in [4.69, 9.17) is 18.3 Å². The number of carbonyl (C=O) groups is 2. The SMILES string of the molecule is O=C(CCCCC(=O)Nc1ccc(-c2c(-c3ccc(OCCN4CCCC4)cc3)c3ccccc3oc2=O)cc1)Nc1ccc(-c2c(-c3ccc(OCCN4CCCC4)cc3)c3ccccc3oc2=O)cc1. The summed E-state index contributed by atoms with van der Waals surface area (Å²) in [6.45, 7) is 7.53. The third-order valence-corrected chi connectivity index (χ3v) is 13.6. The summed E-state index contributed by atoms with van der Waals surface area (Å²) in [5.41, 5.74) is 6.70. The molecular formula is C60H58N4O8. The lowest BCUT2D eigenvalue weighted by atomic mass is 9.93. The van der Waals surface area contributed by atoms with E-state index >= 15 is 0 Å². The van der Waals surface area contributed by atoms with Gasteiger partial charge in [0.15, 0.2) is 0 Å². The number of hydrogen-bond acceptors (Lipinski definition) is 10. The number of carbonyl (C=O) groups excluding carboxylic acids is 2. The molecule has 4 heterocycles. The first-order valence-corrected chi connectivity index (χ1v) is 25.2. The van der Waals surface area contributed by atoms with Crippen LogP contribution in [0.2, 0.25) is 0 Å². The molecule has 2 aliphatic heterocycles. The van der Waals surface area contributed by atoms with Crippen molar-refractivity contribution in [2.45, 2.75) is 51.4 Å². The van der Waals surface area contributed by atoms with E-state index in [0.717, 1.165) is 83.8 Å². The van der Waals surface area contributed by atoms with E-state index in [1.165, 1.54) is 25.7 Å². The molecule has 2 fully saturated rings. The highest BCUT2D eigenvalue weighted by Gasteiger charge is 2.21. The van der Waals surface area contributed by atoms with Gasteiger partial charge in [-0.05, 0) is 148 Å². The highest BCUT2D eigenvalue weighted by atomic mass is 16.5. The van der Waals surface area contributed by atoms with Crippen LogP contribution in [0.15, 0.2) is 164 Å². The highest BCUT2D eigenvalue weighted by molar-refractivity contribution is 6.03. The molecule has 0 radical (unpaired) electrons. The number of fused-ring (bicyclic) bond motifs is 2. The smallest absolute Gasteiger partial charge is 0.344 e. The summed E-state index contributed by atoms with van der Waals surface area (Å²) >= 11 is 0. The summed E-state index contributed by atoms with van der Waals surface area (Å²) < 4.78 is 23.7. The summed E-state index contributed by atoms with van der Waals surface area (Å²) in [7, 11) is 0. The Balaban J connectivity index is 0.731. The second kappa shape index (κ2) is 22.5. The number of hydrogen-bond donors (Lipinski definition) is 2. The fourth-order valence-electron chi connectivity index (χ4n) is 9.92. The Kier molecular flexibility index (Phi) is 15.0. The van der Waals surface area contributed by atoms with Crippen LogP contribution in [0.3, 0.4) is 0 Å². The lowest BCUT2D eigenvalue weighted by molar-refractivity contribution is -0.118. The van der Waals surface area contributed by atoms with Crippen molar-refractivity contribution < 1.29 is 27.9 Å². The van der Waals surface area contributed by atoms with E-state index < -0.39 is 11.3 Å². The van der Waals surface area contributed by atoms with Crippen molar-refractivity contribution in [2.24, 2.45) is 0 Å². The second-order valence-corrected chi connectivity index (χ2v) is 18.6. The Hall–Kier alpha value is -7.80. The topological polar surface area (TPSA) is 144 Å². The van der Waals surface area contributed by atoms with Crippen molar-refractivity contribution in [2.75, 3.05) is 63.1 Å². The first-order chi connectivity index (χ1) is 35.3. The second-order valence-electron chi connectivity index (χ2n) is 18.6. The zero-order chi connectivity index (χ0) is 49.2. The van der Waals surface area contributed by atoms with Gasteiger partial charge in [0.25, 0.3) is 0 Å². The number of rotatable bonds is 19. The molecule has 8 aromatic rings. The number of ether oxygens (including phenoxy) is 2. The molecule has 2 N–H and O–H groups in total. The molecule has 72 heavy (non-hydrogen) atoms. The van der Waals surface area contributed by atoms with Crippen molar-refractivity contribution in [1.82, 2.24) is 9.80 Å². The summed E-state index contributed by atoms with van der Waals surface area (Å²) in [6.07, 6.45) is 6.43. The van der Waals surface area contributed by atoms with Gasteiger partial charge < -0.3 is 28.9 Å². The minimum Gasteiger partial charge on any atom is -0.492 e. The van der Waals surface area contributed by atoms with Gasteiger partial charge in [0.2, 0.25) is 11.8 Å². The van der Waals surface area contributed by atoms with Crippen LogP contribution in [0.4, 0.5) is 11.4 Å². The molecule has 6 aromatic carbocycles.